The Hall–Kier alpha value is -0.970. The van der Waals surface area contributed by atoms with Crippen LogP contribution < -0.4 is 5.32 Å². The molecule has 2 aliphatic rings. The van der Waals surface area contributed by atoms with Crippen LogP contribution in [0.1, 0.15) is 17.5 Å². The molecule has 1 atom stereocenters. The van der Waals surface area contributed by atoms with Crippen LogP contribution in [0.25, 0.3) is 0 Å². The zero-order valence-corrected chi connectivity index (χ0v) is 12.2. The second-order valence-corrected chi connectivity index (χ2v) is 6.06. The van der Waals surface area contributed by atoms with Crippen molar-refractivity contribution >= 4 is 0 Å². The lowest BCUT2D eigenvalue weighted by Gasteiger charge is -2.32. The minimum Gasteiger partial charge on any atom is -0.314 e. The van der Waals surface area contributed by atoms with Gasteiger partial charge in [0.25, 0.3) is 0 Å². The lowest BCUT2D eigenvalue weighted by molar-refractivity contribution is 0.170. The topological polar surface area (TPSA) is 18.5 Å². The first-order chi connectivity index (χ1) is 9.72. The maximum Gasteiger partial charge on any atom is 0.127 e. The molecule has 0 radical (unpaired) electrons. The van der Waals surface area contributed by atoms with Crippen LogP contribution in [0.2, 0.25) is 0 Å². The van der Waals surface area contributed by atoms with Crippen molar-refractivity contribution in [2.24, 2.45) is 0 Å². The van der Waals surface area contributed by atoms with Crippen LogP contribution in [0.3, 0.4) is 0 Å². The molecule has 0 bridgehead atoms. The second kappa shape index (κ2) is 6.20. The molecule has 1 N–H and O–H groups in total. The molecule has 110 valence electrons. The van der Waals surface area contributed by atoms with E-state index in [-0.39, 0.29) is 5.82 Å². The summed E-state index contributed by atoms with van der Waals surface area (Å²) in [6.45, 7) is 9.43. The van der Waals surface area contributed by atoms with Gasteiger partial charge in [-0.15, -0.1) is 0 Å². The highest BCUT2D eigenvalue weighted by atomic mass is 19.1. The average Bonchev–Trinajstić information content (AvgIpc) is 2.92. The van der Waals surface area contributed by atoms with E-state index in [0.29, 0.717) is 6.04 Å². The second-order valence-electron chi connectivity index (χ2n) is 6.06. The lowest BCUT2D eigenvalue weighted by atomic mass is 10.1. The number of hydrogen-bond acceptors (Lipinski definition) is 3. The molecule has 0 aromatic heterocycles. The van der Waals surface area contributed by atoms with Gasteiger partial charge in [-0.05, 0) is 19.4 Å². The van der Waals surface area contributed by atoms with Gasteiger partial charge in [-0.1, -0.05) is 17.7 Å². The number of nitrogens with zero attached hydrogens (tertiary/aromatic N) is 2. The SMILES string of the molecule is Cc1ccc(F)c(CN2CCC(N3CCNCC3)C2)c1. The van der Waals surface area contributed by atoms with E-state index in [2.05, 4.69) is 15.1 Å². The highest BCUT2D eigenvalue weighted by molar-refractivity contribution is 5.24. The Balaban J connectivity index is 1.58. The third-order valence-corrected chi connectivity index (χ3v) is 4.51. The van der Waals surface area contributed by atoms with Crippen molar-refractivity contribution in [2.45, 2.75) is 25.9 Å². The summed E-state index contributed by atoms with van der Waals surface area (Å²) < 4.78 is 13.8. The fourth-order valence-corrected chi connectivity index (χ4v) is 3.37. The zero-order valence-electron chi connectivity index (χ0n) is 12.2. The number of aryl methyl sites for hydroxylation is 1. The summed E-state index contributed by atoms with van der Waals surface area (Å²) in [4.78, 5) is 4.98. The van der Waals surface area contributed by atoms with E-state index in [9.17, 15) is 4.39 Å². The molecular weight excluding hydrogens is 253 g/mol. The Bertz CT molecular complexity index is 457. The molecule has 1 unspecified atom stereocenters. The Morgan fingerprint density at radius 3 is 2.85 bits per heavy atom. The van der Waals surface area contributed by atoms with Gasteiger partial charge in [-0.25, -0.2) is 4.39 Å². The molecule has 2 heterocycles. The minimum atomic E-state index is -0.0683. The zero-order chi connectivity index (χ0) is 13.9. The Morgan fingerprint density at radius 1 is 1.25 bits per heavy atom. The predicted molar refractivity (Wildman–Crippen MR) is 79.3 cm³/mol. The number of halogens is 1. The summed E-state index contributed by atoms with van der Waals surface area (Å²) in [6, 6.07) is 6.07. The maximum atomic E-state index is 13.8. The highest BCUT2D eigenvalue weighted by Crippen LogP contribution is 2.20. The summed E-state index contributed by atoms with van der Waals surface area (Å²) in [5, 5.41) is 3.40. The summed E-state index contributed by atoms with van der Waals surface area (Å²) in [7, 11) is 0. The fraction of sp³-hybridized carbons (Fsp3) is 0.625. The van der Waals surface area contributed by atoms with Crippen molar-refractivity contribution in [1.29, 1.82) is 0 Å². The standard InChI is InChI=1S/C16H24FN3/c1-13-2-3-16(17)14(10-13)11-19-7-4-15(12-19)20-8-5-18-6-9-20/h2-3,10,15,18H,4-9,11-12H2,1H3. The van der Waals surface area contributed by atoms with Gasteiger partial charge >= 0.3 is 0 Å². The van der Waals surface area contributed by atoms with Gasteiger partial charge in [0, 0.05) is 57.4 Å². The van der Waals surface area contributed by atoms with Crippen molar-refractivity contribution in [3.8, 4) is 0 Å². The molecule has 3 rings (SSSR count). The molecule has 2 saturated heterocycles. The van der Waals surface area contributed by atoms with Crippen molar-refractivity contribution in [3.05, 3.63) is 35.1 Å². The van der Waals surface area contributed by atoms with Crippen LogP contribution in [-0.4, -0.2) is 55.1 Å². The van der Waals surface area contributed by atoms with E-state index >= 15 is 0 Å². The van der Waals surface area contributed by atoms with Gasteiger partial charge in [-0.3, -0.25) is 9.80 Å². The number of likely N-dealkylation sites (tertiary alicyclic amines) is 1. The third kappa shape index (κ3) is 3.19. The minimum absolute atomic E-state index is 0.0683. The number of nitrogens with one attached hydrogen (secondary N) is 1. The van der Waals surface area contributed by atoms with Gasteiger partial charge in [0.1, 0.15) is 5.82 Å². The Labute approximate surface area is 120 Å². The van der Waals surface area contributed by atoms with E-state index < -0.39 is 0 Å². The van der Waals surface area contributed by atoms with E-state index in [1.54, 1.807) is 6.07 Å². The van der Waals surface area contributed by atoms with E-state index in [0.717, 1.165) is 56.9 Å². The molecule has 0 saturated carbocycles. The quantitative estimate of drug-likeness (QED) is 0.905. The van der Waals surface area contributed by atoms with Gasteiger partial charge in [0.2, 0.25) is 0 Å². The van der Waals surface area contributed by atoms with Crippen molar-refractivity contribution in [2.75, 3.05) is 39.3 Å². The Kier molecular flexibility index (Phi) is 4.34. The van der Waals surface area contributed by atoms with Gasteiger partial charge in [-0.2, -0.15) is 0 Å². The molecule has 4 heteroatoms. The fourth-order valence-electron chi connectivity index (χ4n) is 3.37. The first-order valence-corrected chi connectivity index (χ1v) is 7.64. The highest BCUT2D eigenvalue weighted by Gasteiger charge is 2.28. The van der Waals surface area contributed by atoms with Crippen LogP contribution in [0.5, 0.6) is 0 Å². The number of hydrogen-bond donors (Lipinski definition) is 1. The predicted octanol–water partition coefficient (Wildman–Crippen LogP) is 1.61. The first kappa shape index (κ1) is 14.0. The molecule has 20 heavy (non-hydrogen) atoms. The number of piperazine rings is 1. The molecule has 3 nitrogen and oxygen atoms in total. The van der Waals surface area contributed by atoms with Crippen LogP contribution in [0.15, 0.2) is 18.2 Å². The molecule has 2 fully saturated rings. The molecule has 1 aromatic rings. The van der Waals surface area contributed by atoms with Crippen molar-refractivity contribution < 1.29 is 4.39 Å². The number of benzene rings is 1. The Morgan fingerprint density at radius 2 is 2.05 bits per heavy atom. The molecule has 2 aliphatic heterocycles. The normalized spacial score (nSPS) is 25.2. The van der Waals surface area contributed by atoms with Gasteiger partial charge in [0.15, 0.2) is 0 Å². The largest absolute Gasteiger partial charge is 0.314 e. The van der Waals surface area contributed by atoms with E-state index in [4.69, 9.17) is 0 Å². The van der Waals surface area contributed by atoms with Crippen LogP contribution in [0.4, 0.5) is 4.39 Å². The van der Waals surface area contributed by atoms with Gasteiger partial charge < -0.3 is 5.32 Å². The van der Waals surface area contributed by atoms with E-state index in [1.807, 2.05) is 19.1 Å². The summed E-state index contributed by atoms with van der Waals surface area (Å²) in [6.07, 6.45) is 1.22. The maximum absolute atomic E-state index is 13.8. The molecular formula is C16H24FN3. The summed E-state index contributed by atoms with van der Waals surface area (Å²) in [5.74, 6) is -0.0683. The molecule has 0 spiro atoms. The molecule has 1 aromatic carbocycles. The first-order valence-electron chi connectivity index (χ1n) is 7.64. The van der Waals surface area contributed by atoms with Crippen LogP contribution >= 0.6 is 0 Å². The smallest absolute Gasteiger partial charge is 0.127 e. The van der Waals surface area contributed by atoms with Crippen LogP contribution in [0, 0.1) is 12.7 Å². The average molecular weight is 277 g/mol. The van der Waals surface area contributed by atoms with Crippen molar-refractivity contribution in [3.63, 3.8) is 0 Å². The third-order valence-electron chi connectivity index (χ3n) is 4.51. The summed E-state index contributed by atoms with van der Waals surface area (Å²) >= 11 is 0. The molecule has 0 aliphatic carbocycles. The van der Waals surface area contributed by atoms with Crippen molar-refractivity contribution in [1.82, 2.24) is 15.1 Å². The van der Waals surface area contributed by atoms with Crippen LogP contribution in [-0.2, 0) is 6.54 Å². The van der Waals surface area contributed by atoms with Gasteiger partial charge in [0.05, 0.1) is 0 Å². The molecule has 0 amide bonds. The number of rotatable bonds is 3. The lowest BCUT2D eigenvalue weighted by Crippen LogP contribution is -2.49. The monoisotopic (exact) mass is 277 g/mol. The van der Waals surface area contributed by atoms with E-state index in [1.165, 1.54) is 6.42 Å². The summed E-state index contributed by atoms with van der Waals surface area (Å²) in [5.41, 5.74) is 1.98.